The summed E-state index contributed by atoms with van der Waals surface area (Å²) in [6.07, 6.45) is 2.24. The number of aromatic nitrogens is 1. The molecule has 1 N–H and O–H groups in total. The van der Waals surface area contributed by atoms with Crippen molar-refractivity contribution >= 4 is 5.91 Å². The zero-order chi connectivity index (χ0) is 16.7. The standard InChI is InChI=1S/C17H28N4O2/c1-20(2)10-14-11-21(12-15-6-4-5-8-18-15)13-16(14)19-17(22)7-9-23-3/h4-6,8,14,16H,7,9-13H2,1-3H3,(H,19,22)/t14-,16-/m1/s1. The zero-order valence-corrected chi connectivity index (χ0v) is 14.4. The van der Waals surface area contributed by atoms with Crippen molar-refractivity contribution in [2.75, 3.05) is 47.4 Å². The Hall–Kier alpha value is -1.50. The molecule has 1 fully saturated rings. The number of likely N-dealkylation sites (tertiary alicyclic amines) is 1. The molecule has 2 rings (SSSR count). The highest BCUT2D eigenvalue weighted by Gasteiger charge is 2.33. The first-order valence-electron chi connectivity index (χ1n) is 8.13. The second-order valence-electron chi connectivity index (χ2n) is 6.45. The van der Waals surface area contributed by atoms with Crippen molar-refractivity contribution in [3.05, 3.63) is 30.1 Å². The number of rotatable bonds is 8. The van der Waals surface area contributed by atoms with E-state index < -0.39 is 0 Å². The minimum absolute atomic E-state index is 0.0697. The summed E-state index contributed by atoms with van der Waals surface area (Å²) < 4.78 is 4.98. The third kappa shape index (κ3) is 5.89. The molecule has 0 unspecified atom stereocenters. The van der Waals surface area contributed by atoms with Crippen molar-refractivity contribution in [3.63, 3.8) is 0 Å². The van der Waals surface area contributed by atoms with Crippen LogP contribution in [0.3, 0.4) is 0 Å². The van der Waals surface area contributed by atoms with Crippen molar-refractivity contribution in [1.29, 1.82) is 0 Å². The number of hydrogen-bond acceptors (Lipinski definition) is 5. The summed E-state index contributed by atoms with van der Waals surface area (Å²) in [5.74, 6) is 0.500. The van der Waals surface area contributed by atoms with E-state index in [1.165, 1.54) is 0 Å². The number of carbonyl (C=O) groups excluding carboxylic acids is 1. The summed E-state index contributed by atoms with van der Waals surface area (Å²) in [5, 5.41) is 3.18. The van der Waals surface area contributed by atoms with Gasteiger partial charge in [0, 0.05) is 57.9 Å². The third-order valence-electron chi connectivity index (χ3n) is 4.11. The van der Waals surface area contributed by atoms with Crippen LogP contribution in [0.4, 0.5) is 0 Å². The Morgan fingerprint density at radius 3 is 2.91 bits per heavy atom. The molecule has 1 aromatic heterocycles. The molecular weight excluding hydrogens is 292 g/mol. The first-order valence-corrected chi connectivity index (χ1v) is 8.13. The van der Waals surface area contributed by atoms with Crippen LogP contribution in [0.1, 0.15) is 12.1 Å². The van der Waals surface area contributed by atoms with E-state index in [-0.39, 0.29) is 11.9 Å². The number of hydrogen-bond donors (Lipinski definition) is 1. The molecule has 6 nitrogen and oxygen atoms in total. The largest absolute Gasteiger partial charge is 0.384 e. The zero-order valence-electron chi connectivity index (χ0n) is 14.4. The van der Waals surface area contributed by atoms with E-state index in [1.807, 2.05) is 24.4 Å². The monoisotopic (exact) mass is 320 g/mol. The molecule has 0 aliphatic carbocycles. The lowest BCUT2D eigenvalue weighted by Gasteiger charge is -2.22. The quantitative estimate of drug-likeness (QED) is 0.760. The van der Waals surface area contributed by atoms with Gasteiger partial charge in [0.2, 0.25) is 5.91 Å². The van der Waals surface area contributed by atoms with Gasteiger partial charge < -0.3 is 15.0 Å². The Kier molecular flexibility index (Phi) is 6.95. The van der Waals surface area contributed by atoms with E-state index in [1.54, 1.807) is 7.11 Å². The van der Waals surface area contributed by atoms with Gasteiger partial charge in [-0.05, 0) is 26.2 Å². The Morgan fingerprint density at radius 2 is 2.26 bits per heavy atom. The maximum atomic E-state index is 12.0. The lowest BCUT2D eigenvalue weighted by molar-refractivity contribution is -0.122. The lowest BCUT2D eigenvalue weighted by atomic mass is 10.0. The van der Waals surface area contributed by atoms with Crippen LogP contribution in [0.25, 0.3) is 0 Å². The van der Waals surface area contributed by atoms with Gasteiger partial charge in [0.1, 0.15) is 0 Å². The molecule has 23 heavy (non-hydrogen) atoms. The number of pyridine rings is 1. The normalized spacial score (nSPS) is 21.7. The van der Waals surface area contributed by atoms with E-state index in [4.69, 9.17) is 4.74 Å². The molecule has 1 aromatic rings. The molecular formula is C17H28N4O2. The van der Waals surface area contributed by atoms with Gasteiger partial charge in [-0.2, -0.15) is 0 Å². The molecule has 0 bridgehead atoms. The lowest BCUT2D eigenvalue weighted by Crippen LogP contribution is -2.43. The molecule has 6 heteroatoms. The van der Waals surface area contributed by atoms with Crippen LogP contribution in [0.5, 0.6) is 0 Å². The van der Waals surface area contributed by atoms with Gasteiger partial charge in [0.05, 0.1) is 12.3 Å². The van der Waals surface area contributed by atoms with E-state index in [0.29, 0.717) is 18.9 Å². The van der Waals surface area contributed by atoms with Crippen molar-refractivity contribution < 1.29 is 9.53 Å². The SMILES string of the molecule is COCCC(=O)N[C@@H]1CN(Cc2ccccn2)C[C@H]1CN(C)C. The van der Waals surface area contributed by atoms with Gasteiger partial charge in [-0.3, -0.25) is 14.7 Å². The topological polar surface area (TPSA) is 57.7 Å². The minimum atomic E-state index is 0.0697. The molecule has 0 spiro atoms. The summed E-state index contributed by atoms with van der Waals surface area (Å²) >= 11 is 0. The summed E-state index contributed by atoms with van der Waals surface area (Å²) in [6.45, 7) is 4.11. The highest BCUT2D eigenvalue weighted by atomic mass is 16.5. The Morgan fingerprint density at radius 1 is 1.43 bits per heavy atom. The van der Waals surface area contributed by atoms with Gasteiger partial charge in [-0.25, -0.2) is 0 Å². The van der Waals surface area contributed by atoms with Gasteiger partial charge >= 0.3 is 0 Å². The van der Waals surface area contributed by atoms with Crippen molar-refractivity contribution in [3.8, 4) is 0 Å². The number of carbonyl (C=O) groups is 1. The summed E-state index contributed by atoms with van der Waals surface area (Å²) in [4.78, 5) is 21.0. The van der Waals surface area contributed by atoms with Crippen LogP contribution in [0, 0.1) is 5.92 Å². The van der Waals surface area contributed by atoms with Gasteiger partial charge in [-0.15, -0.1) is 0 Å². The molecule has 0 radical (unpaired) electrons. The first-order chi connectivity index (χ1) is 11.1. The molecule has 128 valence electrons. The molecule has 2 atom stereocenters. The minimum Gasteiger partial charge on any atom is -0.384 e. The van der Waals surface area contributed by atoms with Crippen LogP contribution in [0.15, 0.2) is 24.4 Å². The maximum absolute atomic E-state index is 12.0. The smallest absolute Gasteiger partial charge is 0.222 e. The molecule has 0 aromatic carbocycles. The van der Waals surface area contributed by atoms with E-state index >= 15 is 0 Å². The molecule has 0 saturated carbocycles. The molecule has 2 heterocycles. The average Bonchev–Trinajstić information content (AvgIpc) is 2.86. The van der Waals surface area contributed by atoms with Crippen LogP contribution < -0.4 is 5.32 Å². The van der Waals surface area contributed by atoms with E-state index in [0.717, 1.165) is 31.9 Å². The number of ether oxygens (including phenoxy) is 1. The fourth-order valence-electron chi connectivity index (χ4n) is 3.10. The number of methoxy groups -OCH3 is 1. The van der Waals surface area contributed by atoms with Crippen molar-refractivity contribution in [1.82, 2.24) is 20.1 Å². The molecule has 1 saturated heterocycles. The second kappa shape index (κ2) is 8.96. The van der Waals surface area contributed by atoms with Gasteiger partial charge in [0.15, 0.2) is 0 Å². The molecule has 1 aliphatic heterocycles. The summed E-state index contributed by atoms with van der Waals surface area (Å²) in [6, 6.07) is 6.18. The second-order valence-corrected chi connectivity index (χ2v) is 6.45. The van der Waals surface area contributed by atoms with Gasteiger partial charge in [0.25, 0.3) is 0 Å². The maximum Gasteiger partial charge on any atom is 0.222 e. The Balaban J connectivity index is 1.93. The van der Waals surface area contributed by atoms with E-state index in [9.17, 15) is 4.79 Å². The summed E-state index contributed by atoms with van der Waals surface area (Å²) in [7, 11) is 5.77. The highest BCUT2D eigenvalue weighted by molar-refractivity contribution is 5.76. The van der Waals surface area contributed by atoms with Crippen LogP contribution in [0.2, 0.25) is 0 Å². The molecule has 1 aliphatic rings. The van der Waals surface area contributed by atoms with Crippen LogP contribution in [-0.2, 0) is 16.1 Å². The number of nitrogens with one attached hydrogen (secondary N) is 1. The Bertz CT molecular complexity index is 481. The van der Waals surface area contributed by atoms with Crippen molar-refractivity contribution in [2.24, 2.45) is 5.92 Å². The summed E-state index contributed by atoms with van der Waals surface area (Å²) in [5.41, 5.74) is 1.07. The van der Waals surface area contributed by atoms with Crippen LogP contribution in [-0.4, -0.2) is 74.2 Å². The fraction of sp³-hybridized carbons (Fsp3) is 0.647. The van der Waals surface area contributed by atoms with Crippen molar-refractivity contribution in [2.45, 2.75) is 19.0 Å². The fourth-order valence-corrected chi connectivity index (χ4v) is 3.10. The predicted molar refractivity (Wildman–Crippen MR) is 90.0 cm³/mol. The van der Waals surface area contributed by atoms with E-state index in [2.05, 4.69) is 34.2 Å². The molecule has 1 amide bonds. The number of amides is 1. The predicted octanol–water partition coefficient (Wildman–Crippen LogP) is 0.596. The van der Waals surface area contributed by atoms with Crippen LogP contribution >= 0.6 is 0 Å². The number of nitrogens with zero attached hydrogens (tertiary/aromatic N) is 3. The third-order valence-corrected chi connectivity index (χ3v) is 4.11. The first kappa shape index (κ1) is 17.8. The van der Waals surface area contributed by atoms with Gasteiger partial charge in [-0.1, -0.05) is 6.07 Å². The Labute approximate surface area is 138 Å². The average molecular weight is 320 g/mol. The highest BCUT2D eigenvalue weighted by Crippen LogP contribution is 2.20.